The summed E-state index contributed by atoms with van der Waals surface area (Å²) < 4.78 is 12.9. The minimum Gasteiger partial charge on any atom is -0.454 e. The van der Waals surface area contributed by atoms with Crippen molar-refractivity contribution in [2.45, 2.75) is 25.3 Å². The van der Waals surface area contributed by atoms with Crippen LogP contribution in [0.4, 0.5) is 0 Å². The van der Waals surface area contributed by atoms with E-state index < -0.39 is 0 Å². The number of rotatable bonds is 4. The molecular weight excluding hydrogens is 368 g/mol. The number of carbonyl (C=O) groups excluding carboxylic acids is 1. The van der Waals surface area contributed by atoms with Crippen LogP contribution in [-0.2, 0) is 6.54 Å². The van der Waals surface area contributed by atoms with E-state index >= 15 is 0 Å². The molecule has 1 amide bonds. The molecule has 2 aromatic heterocycles. The monoisotopic (exact) mass is 390 g/mol. The van der Waals surface area contributed by atoms with E-state index in [1.807, 2.05) is 35.5 Å². The number of likely N-dealkylation sites (tertiary alicyclic amines) is 1. The molecule has 0 bridgehead atoms. The topological polar surface area (TPSA) is 69.5 Å². The average molecular weight is 390 g/mol. The fraction of sp³-hybridized carbons (Fsp3) is 0.318. The van der Waals surface area contributed by atoms with Gasteiger partial charge in [-0.05, 0) is 48.7 Å². The van der Waals surface area contributed by atoms with Crippen molar-refractivity contribution >= 4 is 5.91 Å². The second kappa shape index (κ2) is 7.58. The first-order valence-electron chi connectivity index (χ1n) is 9.87. The van der Waals surface area contributed by atoms with Crippen LogP contribution in [0.25, 0.3) is 0 Å². The van der Waals surface area contributed by atoms with Crippen LogP contribution in [0, 0.1) is 0 Å². The fourth-order valence-corrected chi connectivity index (χ4v) is 4.08. The molecule has 0 N–H and O–H groups in total. The summed E-state index contributed by atoms with van der Waals surface area (Å²) in [5.41, 5.74) is 1.82. The summed E-state index contributed by atoms with van der Waals surface area (Å²) in [6.07, 6.45) is 9.45. The van der Waals surface area contributed by atoms with E-state index in [1.165, 1.54) is 5.56 Å². The number of aromatic nitrogens is 3. The third-order valence-electron chi connectivity index (χ3n) is 5.54. The molecule has 2 aliphatic rings. The maximum Gasteiger partial charge on any atom is 0.254 e. The second-order valence-electron chi connectivity index (χ2n) is 7.43. The van der Waals surface area contributed by atoms with Gasteiger partial charge >= 0.3 is 0 Å². The molecule has 0 saturated carbocycles. The van der Waals surface area contributed by atoms with E-state index in [9.17, 15) is 4.79 Å². The Morgan fingerprint density at radius 1 is 1.10 bits per heavy atom. The Balaban J connectivity index is 1.32. The average Bonchev–Trinajstić information content (AvgIpc) is 3.43. The fourth-order valence-electron chi connectivity index (χ4n) is 4.08. The highest BCUT2D eigenvalue weighted by molar-refractivity contribution is 5.95. The highest BCUT2D eigenvalue weighted by atomic mass is 16.7. The van der Waals surface area contributed by atoms with Crippen LogP contribution in [0.5, 0.6) is 11.5 Å². The lowest BCUT2D eigenvalue weighted by Crippen LogP contribution is -2.39. The molecule has 1 aromatic carbocycles. The zero-order valence-corrected chi connectivity index (χ0v) is 16.0. The molecule has 7 nitrogen and oxygen atoms in total. The molecule has 0 aliphatic carbocycles. The zero-order valence-electron chi connectivity index (χ0n) is 16.0. The van der Waals surface area contributed by atoms with Crippen molar-refractivity contribution in [1.82, 2.24) is 19.4 Å². The van der Waals surface area contributed by atoms with Gasteiger partial charge in [0, 0.05) is 55.9 Å². The third kappa shape index (κ3) is 3.55. The Bertz CT molecular complexity index is 1020. The third-order valence-corrected chi connectivity index (χ3v) is 5.54. The highest BCUT2D eigenvalue weighted by Gasteiger charge is 2.29. The second-order valence-corrected chi connectivity index (χ2v) is 7.43. The van der Waals surface area contributed by atoms with E-state index in [0.29, 0.717) is 23.6 Å². The molecule has 4 heterocycles. The number of piperidine rings is 1. The SMILES string of the molecule is O=C(c1ccc2c(c1)OCO2)N1CCCC(c2nccn2Cc2ccncc2)C1. The quantitative estimate of drug-likeness (QED) is 0.685. The smallest absolute Gasteiger partial charge is 0.254 e. The number of fused-ring (bicyclic) bond motifs is 1. The maximum absolute atomic E-state index is 13.1. The number of nitrogens with zero attached hydrogens (tertiary/aromatic N) is 4. The number of carbonyl (C=O) groups is 1. The van der Waals surface area contributed by atoms with E-state index in [-0.39, 0.29) is 18.6 Å². The minimum absolute atomic E-state index is 0.0280. The Morgan fingerprint density at radius 3 is 2.86 bits per heavy atom. The molecule has 0 radical (unpaired) electrons. The zero-order chi connectivity index (χ0) is 19.6. The van der Waals surface area contributed by atoms with Gasteiger partial charge in [0.25, 0.3) is 5.91 Å². The van der Waals surface area contributed by atoms with Crippen molar-refractivity contribution in [2.75, 3.05) is 19.9 Å². The van der Waals surface area contributed by atoms with Gasteiger partial charge in [0.1, 0.15) is 5.82 Å². The van der Waals surface area contributed by atoms with Crippen LogP contribution in [-0.4, -0.2) is 45.2 Å². The first kappa shape index (κ1) is 17.7. The number of imidazole rings is 1. The summed E-state index contributed by atoms with van der Waals surface area (Å²) in [6.45, 7) is 2.39. The molecule has 2 aliphatic heterocycles. The summed E-state index contributed by atoms with van der Waals surface area (Å²) in [5.74, 6) is 2.61. The van der Waals surface area contributed by atoms with Crippen LogP contribution >= 0.6 is 0 Å². The Morgan fingerprint density at radius 2 is 1.97 bits per heavy atom. The molecule has 3 aromatic rings. The molecule has 0 spiro atoms. The molecular formula is C22H22N4O3. The molecule has 7 heteroatoms. The molecule has 5 rings (SSSR count). The van der Waals surface area contributed by atoms with E-state index in [4.69, 9.17) is 9.47 Å². The summed E-state index contributed by atoms with van der Waals surface area (Å²) in [7, 11) is 0. The van der Waals surface area contributed by atoms with Crippen molar-refractivity contribution in [1.29, 1.82) is 0 Å². The van der Waals surface area contributed by atoms with Crippen LogP contribution in [0.2, 0.25) is 0 Å². The van der Waals surface area contributed by atoms with Crippen molar-refractivity contribution in [3.05, 3.63) is 72.1 Å². The standard InChI is InChI=1S/C22H22N4O3/c27-22(17-3-4-19-20(12-17)29-15-28-19)26-10-1-2-18(14-26)21-24-9-11-25(21)13-16-5-7-23-8-6-16/h3-9,11-12,18H,1-2,10,13-15H2. The number of pyridine rings is 1. The number of amides is 1. The molecule has 148 valence electrons. The van der Waals surface area contributed by atoms with Crippen LogP contribution in [0.15, 0.2) is 55.1 Å². The lowest BCUT2D eigenvalue weighted by Gasteiger charge is -2.33. The Kier molecular flexibility index (Phi) is 4.63. The molecule has 1 atom stereocenters. The Labute approximate surface area is 168 Å². The lowest BCUT2D eigenvalue weighted by atomic mass is 9.96. The largest absolute Gasteiger partial charge is 0.454 e. The molecule has 29 heavy (non-hydrogen) atoms. The number of benzene rings is 1. The summed E-state index contributed by atoms with van der Waals surface area (Å²) >= 11 is 0. The molecule has 1 saturated heterocycles. The summed E-state index contributed by atoms with van der Waals surface area (Å²) in [6, 6.07) is 9.42. The van der Waals surface area contributed by atoms with Gasteiger partial charge in [-0.1, -0.05) is 0 Å². The summed E-state index contributed by atoms with van der Waals surface area (Å²) in [4.78, 5) is 23.7. The number of ether oxygens (including phenoxy) is 2. The van der Waals surface area contributed by atoms with Crippen molar-refractivity contribution in [2.24, 2.45) is 0 Å². The van der Waals surface area contributed by atoms with Gasteiger partial charge in [-0.3, -0.25) is 9.78 Å². The normalized spacial score (nSPS) is 18.1. The van der Waals surface area contributed by atoms with Gasteiger partial charge < -0.3 is 18.9 Å². The van der Waals surface area contributed by atoms with Crippen molar-refractivity contribution in [3.8, 4) is 11.5 Å². The van der Waals surface area contributed by atoms with Crippen LogP contribution in [0.1, 0.15) is 40.5 Å². The first-order valence-corrected chi connectivity index (χ1v) is 9.87. The predicted molar refractivity (Wildman–Crippen MR) is 106 cm³/mol. The summed E-state index contributed by atoms with van der Waals surface area (Å²) in [5, 5.41) is 0. The highest BCUT2D eigenvalue weighted by Crippen LogP contribution is 2.34. The van der Waals surface area contributed by atoms with E-state index in [0.717, 1.165) is 31.8 Å². The van der Waals surface area contributed by atoms with Crippen molar-refractivity contribution < 1.29 is 14.3 Å². The van der Waals surface area contributed by atoms with Crippen molar-refractivity contribution in [3.63, 3.8) is 0 Å². The molecule has 1 unspecified atom stereocenters. The van der Waals surface area contributed by atoms with Gasteiger partial charge in [0.2, 0.25) is 6.79 Å². The van der Waals surface area contributed by atoms with E-state index in [2.05, 4.69) is 14.5 Å². The first-order chi connectivity index (χ1) is 14.3. The van der Waals surface area contributed by atoms with Gasteiger partial charge in [0.05, 0.1) is 0 Å². The Hall–Kier alpha value is -3.35. The van der Waals surface area contributed by atoms with Gasteiger partial charge in [-0.2, -0.15) is 0 Å². The number of hydrogen-bond donors (Lipinski definition) is 0. The predicted octanol–water partition coefficient (Wildman–Crippen LogP) is 3.07. The van der Waals surface area contributed by atoms with Crippen LogP contribution < -0.4 is 9.47 Å². The van der Waals surface area contributed by atoms with Gasteiger partial charge in [-0.25, -0.2) is 4.98 Å². The lowest BCUT2D eigenvalue weighted by molar-refractivity contribution is 0.0703. The maximum atomic E-state index is 13.1. The van der Waals surface area contributed by atoms with E-state index in [1.54, 1.807) is 24.5 Å². The minimum atomic E-state index is 0.0280. The van der Waals surface area contributed by atoms with Gasteiger partial charge in [-0.15, -0.1) is 0 Å². The van der Waals surface area contributed by atoms with Crippen LogP contribution in [0.3, 0.4) is 0 Å². The number of hydrogen-bond acceptors (Lipinski definition) is 5. The van der Waals surface area contributed by atoms with Gasteiger partial charge in [0.15, 0.2) is 11.5 Å². The molecule has 1 fully saturated rings.